The van der Waals surface area contributed by atoms with Gasteiger partial charge in [0, 0.05) is 15.1 Å². The Bertz CT molecular complexity index is 628. The van der Waals surface area contributed by atoms with Crippen LogP contribution in [0.2, 0.25) is 5.02 Å². The van der Waals surface area contributed by atoms with Gasteiger partial charge in [0.05, 0.1) is 0 Å². The molecule has 0 fully saturated rings. The van der Waals surface area contributed by atoms with Gasteiger partial charge >= 0.3 is 10.1 Å². The molecule has 1 N–H and O–H groups in total. The van der Waals surface area contributed by atoms with E-state index < -0.39 is 10.1 Å². The summed E-state index contributed by atoms with van der Waals surface area (Å²) in [6, 6.07) is 5.21. The number of thiophene rings is 1. The van der Waals surface area contributed by atoms with Gasteiger partial charge in [-0.1, -0.05) is 17.7 Å². The van der Waals surface area contributed by atoms with Crippen LogP contribution in [-0.4, -0.2) is 13.0 Å². The summed E-state index contributed by atoms with van der Waals surface area (Å²) in [6.45, 7) is 1.63. The van der Waals surface area contributed by atoms with Crippen molar-refractivity contribution in [2.24, 2.45) is 0 Å². The Morgan fingerprint density at radius 1 is 1.40 bits per heavy atom. The van der Waals surface area contributed by atoms with E-state index in [0.717, 1.165) is 16.0 Å². The minimum absolute atomic E-state index is 0.0365. The molecule has 80 valence electrons. The number of halogens is 1. The Kier molecular flexibility index (Phi) is 2.50. The molecule has 0 radical (unpaired) electrons. The van der Waals surface area contributed by atoms with E-state index in [0.29, 0.717) is 16.0 Å². The SMILES string of the molecule is Cc1c(S(=O)(=O)O)sc2cccc(Cl)c12. The third kappa shape index (κ3) is 1.76. The van der Waals surface area contributed by atoms with E-state index in [-0.39, 0.29) is 4.21 Å². The minimum Gasteiger partial charge on any atom is -0.281 e. The molecule has 0 saturated carbocycles. The highest BCUT2D eigenvalue weighted by molar-refractivity contribution is 7.88. The zero-order chi connectivity index (χ0) is 11.2. The lowest BCUT2D eigenvalue weighted by molar-refractivity contribution is 0.485. The molecule has 0 atom stereocenters. The molecule has 2 aromatic rings. The average Bonchev–Trinajstić information content (AvgIpc) is 2.44. The molecule has 1 aromatic carbocycles. The van der Waals surface area contributed by atoms with E-state index in [1.807, 2.05) is 0 Å². The van der Waals surface area contributed by atoms with Crippen LogP contribution in [0.4, 0.5) is 0 Å². The summed E-state index contributed by atoms with van der Waals surface area (Å²) in [6.07, 6.45) is 0. The molecule has 0 saturated heterocycles. The number of hydrogen-bond acceptors (Lipinski definition) is 3. The molecule has 1 aromatic heterocycles. The predicted molar refractivity (Wildman–Crippen MR) is 61.4 cm³/mol. The van der Waals surface area contributed by atoms with Gasteiger partial charge < -0.3 is 0 Å². The quantitative estimate of drug-likeness (QED) is 0.804. The van der Waals surface area contributed by atoms with Crippen LogP contribution in [0, 0.1) is 6.92 Å². The maximum Gasteiger partial charge on any atom is 0.304 e. The topological polar surface area (TPSA) is 54.4 Å². The van der Waals surface area contributed by atoms with Crippen molar-refractivity contribution in [2.45, 2.75) is 11.1 Å². The van der Waals surface area contributed by atoms with E-state index in [1.165, 1.54) is 0 Å². The number of fused-ring (bicyclic) bond motifs is 1. The van der Waals surface area contributed by atoms with E-state index in [1.54, 1.807) is 25.1 Å². The summed E-state index contributed by atoms with van der Waals surface area (Å²) in [5.74, 6) is 0. The summed E-state index contributed by atoms with van der Waals surface area (Å²) >= 11 is 6.98. The normalized spacial score (nSPS) is 12.2. The lowest BCUT2D eigenvalue weighted by Crippen LogP contribution is -1.96. The van der Waals surface area contributed by atoms with Crippen molar-refractivity contribution in [3.8, 4) is 0 Å². The van der Waals surface area contributed by atoms with Gasteiger partial charge in [0.25, 0.3) is 0 Å². The van der Waals surface area contributed by atoms with Crippen LogP contribution in [-0.2, 0) is 10.1 Å². The summed E-state index contributed by atoms with van der Waals surface area (Å²) in [5.41, 5.74) is 0.503. The van der Waals surface area contributed by atoms with Crippen molar-refractivity contribution in [2.75, 3.05) is 0 Å². The van der Waals surface area contributed by atoms with E-state index in [9.17, 15) is 8.42 Å². The smallest absolute Gasteiger partial charge is 0.281 e. The highest BCUT2D eigenvalue weighted by Gasteiger charge is 2.19. The highest BCUT2D eigenvalue weighted by atomic mass is 35.5. The third-order valence-corrected chi connectivity index (χ3v) is 5.12. The zero-order valence-electron chi connectivity index (χ0n) is 7.69. The number of benzene rings is 1. The maximum absolute atomic E-state index is 11.1. The Morgan fingerprint density at radius 2 is 2.07 bits per heavy atom. The molecule has 0 aliphatic heterocycles. The van der Waals surface area contributed by atoms with Gasteiger partial charge in [-0.15, -0.1) is 11.3 Å². The number of aryl methyl sites for hydroxylation is 1. The molecule has 2 rings (SSSR count). The van der Waals surface area contributed by atoms with Crippen molar-refractivity contribution in [3.05, 3.63) is 28.8 Å². The van der Waals surface area contributed by atoms with Crippen molar-refractivity contribution >= 4 is 43.1 Å². The van der Waals surface area contributed by atoms with Gasteiger partial charge in [-0.2, -0.15) is 8.42 Å². The van der Waals surface area contributed by atoms with E-state index in [4.69, 9.17) is 16.2 Å². The van der Waals surface area contributed by atoms with E-state index >= 15 is 0 Å². The average molecular weight is 263 g/mol. The predicted octanol–water partition coefficient (Wildman–Crippen LogP) is 3.11. The van der Waals surface area contributed by atoms with Crippen molar-refractivity contribution in [3.63, 3.8) is 0 Å². The lowest BCUT2D eigenvalue weighted by Gasteiger charge is -1.95. The molecule has 0 aliphatic rings. The van der Waals surface area contributed by atoms with Gasteiger partial charge in [0.2, 0.25) is 0 Å². The molecule has 0 bridgehead atoms. The van der Waals surface area contributed by atoms with Crippen LogP contribution in [0.5, 0.6) is 0 Å². The Hall–Kier alpha value is -0.620. The monoisotopic (exact) mass is 262 g/mol. The van der Waals surface area contributed by atoms with Crippen LogP contribution in [0.25, 0.3) is 10.1 Å². The lowest BCUT2D eigenvalue weighted by atomic mass is 10.2. The first-order valence-corrected chi connectivity index (χ1v) is 6.70. The van der Waals surface area contributed by atoms with Crippen molar-refractivity contribution in [1.29, 1.82) is 0 Å². The standard InChI is InChI=1S/C9H7ClO3S2/c1-5-8-6(10)3-2-4-7(8)14-9(5)15(11,12)13/h2-4H,1H3,(H,11,12,13). The summed E-state index contributed by atoms with van der Waals surface area (Å²) < 4.78 is 31.8. The fourth-order valence-electron chi connectivity index (χ4n) is 1.48. The number of rotatable bonds is 1. The number of hydrogen-bond donors (Lipinski definition) is 1. The van der Waals surface area contributed by atoms with Crippen molar-refractivity contribution < 1.29 is 13.0 Å². The first kappa shape index (κ1) is 10.9. The molecular weight excluding hydrogens is 256 g/mol. The first-order valence-electron chi connectivity index (χ1n) is 4.06. The molecule has 0 spiro atoms. The fraction of sp³-hybridized carbons (Fsp3) is 0.111. The minimum atomic E-state index is -4.15. The summed E-state index contributed by atoms with van der Waals surface area (Å²) in [4.78, 5) is 0. The molecule has 3 nitrogen and oxygen atoms in total. The van der Waals surface area contributed by atoms with E-state index in [2.05, 4.69) is 0 Å². The second kappa shape index (κ2) is 3.45. The van der Waals surface area contributed by atoms with Crippen LogP contribution < -0.4 is 0 Å². The van der Waals surface area contributed by atoms with Gasteiger partial charge in [-0.3, -0.25) is 4.55 Å². The second-order valence-corrected chi connectivity index (χ2v) is 6.18. The molecule has 1 heterocycles. The second-order valence-electron chi connectivity index (χ2n) is 3.10. The molecule has 0 aliphatic carbocycles. The van der Waals surface area contributed by atoms with Crippen molar-refractivity contribution in [1.82, 2.24) is 0 Å². The van der Waals surface area contributed by atoms with Crippen LogP contribution >= 0.6 is 22.9 Å². The molecule has 0 amide bonds. The maximum atomic E-state index is 11.1. The van der Waals surface area contributed by atoms with Crippen LogP contribution in [0.1, 0.15) is 5.56 Å². The highest BCUT2D eigenvalue weighted by Crippen LogP contribution is 2.37. The molecular formula is C9H7ClO3S2. The Morgan fingerprint density at radius 3 is 2.60 bits per heavy atom. The largest absolute Gasteiger partial charge is 0.304 e. The van der Waals surface area contributed by atoms with Gasteiger partial charge in [-0.05, 0) is 24.6 Å². The van der Waals surface area contributed by atoms with Crippen LogP contribution in [0.3, 0.4) is 0 Å². The zero-order valence-corrected chi connectivity index (χ0v) is 10.1. The van der Waals surface area contributed by atoms with Crippen LogP contribution in [0.15, 0.2) is 22.4 Å². The van der Waals surface area contributed by atoms with Gasteiger partial charge in [0.1, 0.15) is 0 Å². The van der Waals surface area contributed by atoms with Gasteiger partial charge in [-0.25, -0.2) is 0 Å². The van der Waals surface area contributed by atoms with Gasteiger partial charge in [0.15, 0.2) is 4.21 Å². The Labute approximate surface area is 96.1 Å². The third-order valence-electron chi connectivity index (χ3n) is 2.09. The fourth-order valence-corrected chi connectivity index (χ4v) is 4.00. The molecule has 0 unspecified atom stereocenters. The molecule has 15 heavy (non-hydrogen) atoms. The Balaban J connectivity index is 2.94. The summed E-state index contributed by atoms with van der Waals surface area (Å²) in [5, 5.41) is 1.19. The summed E-state index contributed by atoms with van der Waals surface area (Å²) in [7, 11) is -4.15. The first-order chi connectivity index (χ1) is 6.91. The molecule has 6 heteroatoms.